The molecule has 0 unspecified atom stereocenters. The van der Waals surface area contributed by atoms with Gasteiger partial charge in [-0.2, -0.15) is 0 Å². The molecule has 0 aliphatic carbocycles. The molecule has 2 aromatic carbocycles. The molecule has 25 heavy (non-hydrogen) atoms. The summed E-state index contributed by atoms with van der Waals surface area (Å²) in [6, 6.07) is 16.3. The number of hydrogen-bond donors (Lipinski definition) is 0. The summed E-state index contributed by atoms with van der Waals surface area (Å²) in [7, 11) is 0. The molecule has 0 spiro atoms. The maximum Gasteiger partial charge on any atom is 0.227 e. The third-order valence-corrected chi connectivity index (χ3v) is 4.80. The number of hydrogen-bond acceptors (Lipinski definition) is 2. The van der Waals surface area contributed by atoms with Gasteiger partial charge in [0.1, 0.15) is 11.6 Å². The number of amides is 1. The highest BCUT2D eigenvalue weighted by Crippen LogP contribution is 2.22. The topological polar surface area (TPSA) is 29.5 Å². The van der Waals surface area contributed by atoms with Crippen LogP contribution >= 0.6 is 0 Å². The number of carbonyl (C=O) groups is 1. The number of para-hydroxylation sites is 1. The molecule has 3 nitrogen and oxygen atoms in total. The number of carbonyl (C=O) groups excluding carboxylic acids is 1. The van der Waals surface area contributed by atoms with Crippen molar-refractivity contribution in [2.75, 3.05) is 19.7 Å². The molecule has 0 N–H and O–H groups in total. The molecule has 1 fully saturated rings. The Balaban J connectivity index is 1.39. The van der Waals surface area contributed by atoms with Crippen LogP contribution in [0.15, 0.2) is 54.6 Å². The van der Waals surface area contributed by atoms with Crippen LogP contribution in [0.1, 0.15) is 24.8 Å². The van der Waals surface area contributed by atoms with Crippen LogP contribution in [0.3, 0.4) is 0 Å². The van der Waals surface area contributed by atoms with E-state index in [1.165, 1.54) is 6.07 Å². The first-order valence-electron chi connectivity index (χ1n) is 8.91. The molecular formula is C21H24FNO2. The van der Waals surface area contributed by atoms with Crippen LogP contribution in [-0.2, 0) is 11.2 Å². The fraction of sp³-hybridized carbons (Fsp3) is 0.381. The maximum atomic E-state index is 13.7. The standard InChI is InChI=1S/C21H24FNO2/c22-20-9-5-4-6-18(20)16-21(24)23-13-10-17(11-14-23)12-15-25-19-7-2-1-3-8-19/h1-9,17H,10-16H2. The summed E-state index contributed by atoms with van der Waals surface area (Å²) in [5.41, 5.74) is 0.478. The maximum absolute atomic E-state index is 13.7. The highest BCUT2D eigenvalue weighted by Gasteiger charge is 2.23. The molecule has 1 saturated heterocycles. The predicted octanol–water partition coefficient (Wildman–Crippen LogP) is 4.08. The number of benzene rings is 2. The molecule has 0 radical (unpaired) electrons. The second kappa shape index (κ2) is 8.65. The Hall–Kier alpha value is -2.36. The highest BCUT2D eigenvalue weighted by molar-refractivity contribution is 5.78. The molecule has 132 valence electrons. The Morgan fingerprint density at radius 3 is 2.44 bits per heavy atom. The van der Waals surface area contributed by atoms with Crippen LogP contribution in [0.5, 0.6) is 5.75 Å². The number of halogens is 1. The zero-order chi connectivity index (χ0) is 17.5. The molecule has 4 heteroatoms. The summed E-state index contributed by atoms with van der Waals surface area (Å²) in [4.78, 5) is 14.2. The first-order valence-corrected chi connectivity index (χ1v) is 8.91. The Labute approximate surface area is 148 Å². The largest absolute Gasteiger partial charge is 0.494 e. The number of nitrogens with zero attached hydrogens (tertiary/aromatic N) is 1. The van der Waals surface area contributed by atoms with Crippen molar-refractivity contribution in [3.05, 3.63) is 66.0 Å². The number of piperidine rings is 1. The molecule has 1 aliphatic rings. The second-order valence-electron chi connectivity index (χ2n) is 6.54. The van der Waals surface area contributed by atoms with Crippen molar-refractivity contribution in [2.45, 2.75) is 25.7 Å². The zero-order valence-electron chi connectivity index (χ0n) is 14.4. The van der Waals surface area contributed by atoms with Crippen LogP contribution in [0.2, 0.25) is 0 Å². The van der Waals surface area contributed by atoms with Crippen molar-refractivity contribution in [1.29, 1.82) is 0 Å². The van der Waals surface area contributed by atoms with E-state index in [1.807, 2.05) is 35.2 Å². The van der Waals surface area contributed by atoms with Crippen LogP contribution < -0.4 is 4.74 Å². The van der Waals surface area contributed by atoms with Gasteiger partial charge in [0.2, 0.25) is 5.91 Å². The van der Waals surface area contributed by atoms with Gasteiger partial charge in [-0.05, 0) is 48.9 Å². The Morgan fingerprint density at radius 2 is 1.72 bits per heavy atom. The smallest absolute Gasteiger partial charge is 0.227 e. The quantitative estimate of drug-likeness (QED) is 0.792. The summed E-state index contributed by atoms with van der Waals surface area (Å²) in [5.74, 6) is 1.20. The fourth-order valence-electron chi connectivity index (χ4n) is 3.25. The van der Waals surface area contributed by atoms with E-state index in [4.69, 9.17) is 4.74 Å². The molecule has 2 aromatic rings. The summed E-state index contributed by atoms with van der Waals surface area (Å²) in [6.45, 7) is 2.21. The molecule has 0 bridgehead atoms. The molecule has 1 aliphatic heterocycles. The predicted molar refractivity (Wildman–Crippen MR) is 96.0 cm³/mol. The lowest BCUT2D eigenvalue weighted by Gasteiger charge is -2.32. The summed E-state index contributed by atoms with van der Waals surface area (Å²) in [5, 5.41) is 0. The van der Waals surface area contributed by atoms with Gasteiger partial charge in [-0.25, -0.2) is 4.39 Å². The monoisotopic (exact) mass is 341 g/mol. The fourth-order valence-corrected chi connectivity index (χ4v) is 3.25. The highest BCUT2D eigenvalue weighted by atomic mass is 19.1. The average Bonchev–Trinajstić information content (AvgIpc) is 2.65. The van der Waals surface area contributed by atoms with E-state index in [-0.39, 0.29) is 18.1 Å². The minimum Gasteiger partial charge on any atom is -0.494 e. The molecule has 1 amide bonds. The lowest BCUT2D eigenvalue weighted by Crippen LogP contribution is -2.39. The summed E-state index contributed by atoms with van der Waals surface area (Å²) >= 11 is 0. The van der Waals surface area contributed by atoms with Crippen molar-refractivity contribution in [3.63, 3.8) is 0 Å². The molecule has 0 saturated carbocycles. The van der Waals surface area contributed by atoms with E-state index in [2.05, 4.69) is 0 Å². The number of ether oxygens (including phenoxy) is 1. The van der Waals surface area contributed by atoms with Crippen LogP contribution in [0.4, 0.5) is 4.39 Å². The third kappa shape index (κ3) is 5.05. The molecular weight excluding hydrogens is 317 g/mol. The van der Waals surface area contributed by atoms with Gasteiger partial charge in [0, 0.05) is 13.1 Å². The summed E-state index contributed by atoms with van der Waals surface area (Å²) < 4.78 is 19.4. The van der Waals surface area contributed by atoms with Crippen molar-refractivity contribution in [2.24, 2.45) is 5.92 Å². The number of likely N-dealkylation sites (tertiary alicyclic amines) is 1. The van der Waals surface area contributed by atoms with Crippen LogP contribution in [0.25, 0.3) is 0 Å². The van der Waals surface area contributed by atoms with Crippen molar-refractivity contribution >= 4 is 5.91 Å². The van der Waals surface area contributed by atoms with Gasteiger partial charge in [0.15, 0.2) is 0 Å². The normalized spacial score (nSPS) is 15.2. The van der Waals surface area contributed by atoms with Crippen LogP contribution in [-0.4, -0.2) is 30.5 Å². The molecule has 0 atom stereocenters. The minimum absolute atomic E-state index is 0.0177. The summed E-state index contributed by atoms with van der Waals surface area (Å²) in [6.07, 6.45) is 3.13. The van der Waals surface area contributed by atoms with E-state index < -0.39 is 0 Å². The van der Waals surface area contributed by atoms with Gasteiger partial charge in [0.25, 0.3) is 0 Å². The van der Waals surface area contributed by atoms with E-state index >= 15 is 0 Å². The second-order valence-corrected chi connectivity index (χ2v) is 6.54. The Kier molecular flexibility index (Phi) is 6.04. The van der Waals surface area contributed by atoms with Crippen molar-refractivity contribution in [1.82, 2.24) is 4.90 Å². The lowest BCUT2D eigenvalue weighted by atomic mass is 9.93. The lowest BCUT2D eigenvalue weighted by molar-refractivity contribution is -0.131. The molecule has 1 heterocycles. The first-order chi connectivity index (χ1) is 12.2. The van der Waals surface area contributed by atoms with Gasteiger partial charge in [-0.1, -0.05) is 36.4 Å². The van der Waals surface area contributed by atoms with E-state index in [0.29, 0.717) is 18.1 Å². The molecule has 0 aromatic heterocycles. The van der Waals surface area contributed by atoms with Gasteiger partial charge in [-0.3, -0.25) is 4.79 Å². The SMILES string of the molecule is O=C(Cc1ccccc1F)N1CCC(CCOc2ccccc2)CC1. The van der Waals surface area contributed by atoms with Gasteiger partial charge in [-0.15, -0.1) is 0 Å². The van der Waals surface area contributed by atoms with E-state index in [1.54, 1.807) is 18.2 Å². The van der Waals surface area contributed by atoms with E-state index in [0.717, 1.165) is 38.1 Å². The Bertz CT molecular complexity index is 681. The van der Waals surface area contributed by atoms with Gasteiger partial charge >= 0.3 is 0 Å². The van der Waals surface area contributed by atoms with Crippen LogP contribution in [0, 0.1) is 11.7 Å². The van der Waals surface area contributed by atoms with Crippen molar-refractivity contribution < 1.29 is 13.9 Å². The third-order valence-electron chi connectivity index (χ3n) is 4.80. The van der Waals surface area contributed by atoms with Gasteiger partial charge < -0.3 is 9.64 Å². The van der Waals surface area contributed by atoms with Crippen molar-refractivity contribution in [3.8, 4) is 5.75 Å². The first kappa shape index (κ1) is 17.5. The molecule has 3 rings (SSSR count). The average molecular weight is 341 g/mol. The minimum atomic E-state index is -0.302. The number of rotatable bonds is 6. The zero-order valence-corrected chi connectivity index (χ0v) is 14.4. The van der Waals surface area contributed by atoms with Gasteiger partial charge in [0.05, 0.1) is 13.0 Å². The van der Waals surface area contributed by atoms with E-state index in [9.17, 15) is 9.18 Å². The Morgan fingerprint density at radius 1 is 1.04 bits per heavy atom.